The molecule has 1 rings (SSSR count). The van der Waals surface area contributed by atoms with E-state index in [2.05, 4.69) is 19.2 Å². The van der Waals surface area contributed by atoms with E-state index in [1.165, 1.54) is 4.90 Å². The number of halogens is 3. The summed E-state index contributed by atoms with van der Waals surface area (Å²) in [6, 6.07) is 0.295. The van der Waals surface area contributed by atoms with Crippen molar-refractivity contribution in [2.45, 2.75) is 52.3 Å². The monoisotopic (exact) mass is 280 g/mol. The lowest BCUT2D eigenvalue weighted by Crippen LogP contribution is -2.52. The molecule has 1 aliphatic carbocycles. The highest BCUT2D eigenvalue weighted by Gasteiger charge is 2.39. The third-order valence-electron chi connectivity index (χ3n) is 4.36. The molecule has 0 aromatic carbocycles. The molecule has 2 unspecified atom stereocenters. The van der Waals surface area contributed by atoms with E-state index in [0.717, 1.165) is 19.3 Å². The number of hydrogen-bond donors (Lipinski definition) is 1. The van der Waals surface area contributed by atoms with Gasteiger partial charge in [-0.1, -0.05) is 27.2 Å². The third-order valence-corrected chi connectivity index (χ3v) is 4.36. The Morgan fingerprint density at radius 1 is 1.32 bits per heavy atom. The summed E-state index contributed by atoms with van der Waals surface area (Å²) in [6.07, 6.45) is -0.835. The van der Waals surface area contributed by atoms with Gasteiger partial charge in [0.15, 0.2) is 0 Å². The summed E-state index contributed by atoms with van der Waals surface area (Å²) < 4.78 is 37.6. The van der Waals surface area contributed by atoms with Crippen LogP contribution in [0, 0.1) is 11.3 Å². The molecule has 1 saturated carbocycles. The van der Waals surface area contributed by atoms with Crippen LogP contribution in [0.3, 0.4) is 0 Å². The lowest BCUT2D eigenvalue weighted by Gasteiger charge is -2.45. The zero-order chi connectivity index (χ0) is 14.7. The molecule has 5 heteroatoms. The summed E-state index contributed by atoms with van der Waals surface area (Å²) in [6.45, 7) is 6.41. The van der Waals surface area contributed by atoms with E-state index in [4.69, 9.17) is 0 Å². The number of nitrogens with one attached hydrogen (secondary N) is 1. The van der Waals surface area contributed by atoms with Gasteiger partial charge in [0.05, 0.1) is 6.54 Å². The van der Waals surface area contributed by atoms with Crippen molar-refractivity contribution in [3.05, 3.63) is 0 Å². The number of nitrogens with zero attached hydrogens (tertiary/aromatic N) is 1. The summed E-state index contributed by atoms with van der Waals surface area (Å²) in [4.78, 5) is 1.52. The minimum absolute atomic E-state index is 0.162. The van der Waals surface area contributed by atoms with Gasteiger partial charge < -0.3 is 5.32 Å². The SMILES string of the molecule is CCN(CC1CCCC(C)(C)C1NC)CC(F)(F)F. The molecule has 0 amide bonds. The van der Waals surface area contributed by atoms with Crippen LogP contribution >= 0.6 is 0 Å². The van der Waals surface area contributed by atoms with Crippen molar-refractivity contribution in [3.8, 4) is 0 Å². The number of hydrogen-bond acceptors (Lipinski definition) is 2. The molecule has 1 N–H and O–H groups in total. The third kappa shape index (κ3) is 4.95. The van der Waals surface area contributed by atoms with E-state index >= 15 is 0 Å². The minimum atomic E-state index is -4.10. The quantitative estimate of drug-likeness (QED) is 0.831. The molecule has 1 fully saturated rings. The first-order chi connectivity index (χ1) is 8.69. The summed E-state index contributed by atoms with van der Waals surface area (Å²) in [5, 5.41) is 3.33. The van der Waals surface area contributed by atoms with Gasteiger partial charge in [0, 0.05) is 12.6 Å². The van der Waals surface area contributed by atoms with Gasteiger partial charge in [-0.3, -0.25) is 4.90 Å². The lowest BCUT2D eigenvalue weighted by molar-refractivity contribution is -0.147. The van der Waals surface area contributed by atoms with E-state index in [-0.39, 0.29) is 5.41 Å². The van der Waals surface area contributed by atoms with Gasteiger partial charge in [-0.05, 0) is 37.8 Å². The van der Waals surface area contributed by atoms with Crippen LogP contribution in [0.5, 0.6) is 0 Å². The highest BCUT2D eigenvalue weighted by atomic mass is 19.4. The second-order valence-electron chi connectivity index (χ2n) is 6.35. The fraction of sp³-hybridized carbons (Fsp3) is 1.00. The molecule has 0 saturated heterocycles. The van der Waals surface area contributed by atoms with Gasteiger partial charge in [0.2, 0.25) is 0 Å². The molecule has 19 heavy (non-hydrogen) atoms. The normalized spacial score (nSPS) is 27.8. The van der Waals surface area contributed by atoms with Crippen LogP contribution < -0.4 is 5.32 Å². The molecule has 1 aliphatic rings. The molecule has 0 spiro atoms. The Labute approximate surface area is 114 Å². The zero-order valence-electron chi connectivity index (χ0n) is 12.5. The van der Waals surface area contributed by atoms with E-state index < -0.39 is 12.7 Å². The van der Waals surface area contributed by atoms with E-state index in [1.54, 1.807) is 6.92 Å². The molecule has 0 aromatic rings. The van der Waals surface area contributed by atoms with Crippen molar-refractivity contribution >= 4 is 0 Å². The van der Waals surface area contributed by atoms with Crippen LogP contribution in [-0.4, -0.2) is 43.8 Å². The van der Waals surface area contributed by atoms with Crippen molar-refractivity contribution in [3.63, 3.8) is 0 Å². The summed E-state index contributed by atoms with van der Waals surface area (Å²) in [7, 11) is 1.92. The minimum Gasteiger partial charge on any atom is -0.316 e. The van der Waals surface area contributed by atoms with E-state index in [1.807, 2.05) is 7.05 Å². The standard InChI is InChI=1S/C14H27F3N2/c1-5-19(10-14(15,16)17)9-11-7-6-8-13(2,3)12(11)18-4/h11-12,18H,5-10H2,1-4H3. The van der Waals surface area contributed by atoms with Crippen molar-refractivity contribution < 1.29 is 13.2 Å². The first kappa shape index (κ1) is 16.8. The van der Waals surface area contributed by atoms with Crippen molar-refractivity contribution in [2.75, 3.05) is 26.7 Å². The second kappa shape index (κ2) is 6.44. The van der Waals surface area contributed by atoms with Gasteiger partial charge in [0.25, 0.3) is 0 Å². The van der Waals surface area contributed by atoms with Crippen molar-refractivity contribution in [1.82, 2.24) is 10.2 Å². The van der Waals surface area contributed by atoms with Crippen LogP contribution in [0.4, 0.5) is 13.2 Å². The maximum atomic E-state index is 12.5. The fourth-order valence-corrected chi connectivity index (χ4v) is 3.49. The lowest BCUT2D eigenvalue weighted by atomic mass is 9.68. The topological polar surface area (TPSA) is 15.3 Å². The molecule has 0 bridgehead atoms. The molecule has 0 aliphatic heterocycles. The zero-order valence-corrected chi connectivity index (χ0v) is 12.5. The van der Waals surface area contributed by atoms with Crippen LogP contribution in [0.1, 0.15) is 40.0 Å². The maximum absolute atomic E-state index is 12.5. The Morgan fingerprint density at radius 3 is 2.42 bits per heavy atom. The fourth-order valence-electron chi connectivity index (χ4n) is 3.49. The predicted molar refractivity (Wildman–Crippen MR) is 72.1 cm³/mol. The Balaban J connectivity index is 2.67. The first-order valence-corrected chi connectivity index (χ1v) is 7.16. The molecule has 2 nitrogen and oxygen atoms in total. The molecule has 2 atom stereocenters. The van der Waals surface area contributed by atoms with Gasteiger partial charge in [-0.25, -0.2) is 0 Å². The largest absolute Gasteiger partial charge is 0.401 e. The second-order valence-corrected chi connectivity index (χ2v) is 6.35. The smallest absolute Gasteiger partial charge is 0.316 e. The molecule has 114 valence electrons. The first-order valence-electron chi connectivity index (χ1n) is 7.16. The van der Waals surface area contributed by atoms with E-state index in [9.17, 15) is 13.2 Å². The molecular weight excluding hydrogens is 253 g/mol. The van der Waals surface area contributed by atoms with E-state index in [0.29, 0.717) is 25.0 Å². The van der Waals surface area contributed by atoms with Crippen molar-refractivity contribution in [1.29, 1.82) is 0 Å². The summed E-state index contributed by atoms with van der Waals surface area (Å²) >= 11 is 0. The highest BCUT2D eigenvalue weighted by molar-refractivity contribution is 4.93. The Hall–Kier alpha value is -0.290. The van der Waals surface area contributed by atoms with Gasteiger partial charge in [-0.2, -0.15) is 13.2 Å². The van der Waals surface area contributed by atoms with Crippen LogP contribution in [0.15, 0.2) is 0 Å². The molecule has 0 aromatic heterocycles. The van der Waals surface area contributed by atoms with Crippen LogP contribution in [-0.2, 0) is 0 Å². The molecule has 0 heterocycles. The Bertz CT molecular complexity index is 276. The average Bonchev–Trinajstić information content (AvgIpc) is 2.25. The Kier molecular flexibility index (Phi) is 5.68. The molecule has 0 radical (unpaired) electrons. The highest BCUT2D eigenvalue weighted by Crippen LogP contribution is 2.39. The van der Waals surface area contributed by atoms with Crippen LogP contribution in [0.25, 0.3) is 0 Å². The number of rotatable bonds is 5. The predicted octanol–water partition coefficient (Wildman–Crippen LogP) is 3.28. The number of alkyl halides is 3. The summed E-state index contributed by atoms with van der Waals surface area (Å²) in [5.74, 6) is 0.302. The van der Waals surface area contributed by atoms with Crippen LogP contribution in [0.2, 0.25) is 0 Å². The van der Waals surface area contributed by atoms with Gasteiger partial charge >= 0.3 is 6.18 Å². The summed E-state index contributed by atoms with van der Waals surface area (Å²) in [5.41, 5.74) is 0.162. The molecular formula is C14H27F3N2. The van der Waals surface area contributed by atoms with Crippen molar-refractivity contribution in [2.24, 2.45) is 11.3 Å². The maximum Gasteiger partial charge on any atom is 0.401 e. The van der Waals surface area contributed by atoms with Gasteiger partial charge in [-0.15, -0.1) is 0 Å². The Morgan fingerprint density at radius 2 is 1.95 bits per heavy atom. The average molecular weight is 280 g/mol. The van der Waals surface area contributed by atoms with Gasteiger partial charge in [0.1, 0.15) is 0 Å².